The van der Waals surface area contributed by atoms with Crippen LogP contribution in [0.15, 0.2) is 76.5 Å². The van der Waals surface area contributed by atoms with E-state index >= 15 is 0 Å². The summed E-state index contributed by atoms with van der Waals surface area (Å²) in [5.74, 6) is 0.430. The fourth-order valence-corrected chi connectivity index (χ4v) is 7.66. The number of hydrogen-bond acceptors (Lipinski definition) is 6. The Hall–Kier alpha value is -3.99. The minimum Gasteiger partial charge on any atom is -0.326 e. The molecule has 0 bridgehead atoms. The standard InChI is InChI=1S/C37H46FN7OS/c1-7-9-28(38)11-10-25(3)34-30-22-29(12-13-31(30)42-43-34)41-36(46)37(8-2)18-21-44(24-37)23-26(4)45-19-16-27(17-20-45)32-14-15-33(47-32)35(39-5)40-6/h7,9-16,22,26H,5,8,17-21,23-24H2,1-4,6H3,(H,41,46)(H,42,43)/b9-7-,25-10+,28-11+,40-35?. The van der Waals surface area contributed by atoms with E-state index in [-0.39, 0.29) is 11.7 Å². The summed E-state index contributed by atoms with van der Waals surface area (Å²) in [7, 11) is 1.74. The van der Waals surface area contributed by atoms with Crippen LogP contribution >= 0.6 is 11.3 Å². The molecule has 4 heterocycles. The van der Waals surface area contributed by atoms with Crippen LogP contribution in [0.4, 0.5) is 10.1 Å². The quantitative estimate of drug-likeness (QED) is 0.126. The second kappa shape index (κ2) is 15.3. The van der Waals surface area contributed by atoms with Gasteiger partial charge in [-0.05, 0) is 107 Å². The van der Waals surface area contributed by atoms with Crippen LogP contribution in [0.2, 0.25) is 0 Å². The minimum atomic E-state index is -0.439. The number of carbonyl (C=O) groups is 1. The van der Waals surface area contributed by atoms with Gasteiger partial charge in [-0.25, -0.2) is 9.38 Å². The van der Waals surface area contributed by atoms with Crippen LogP contribution < -0.4 is 5.32 Å². The number of amidine groups is 1. The summed E-state index contributed by atoms with van der Waals surface area (Å²) in [6.07, 6.45) is 11.2. The van der Waals surface area contributed by atoms with Crippen LogP contribution in [-0.2, 0) is 4.79 Å². The predicted octanol–water partition coefficient (Wildman–Crippen LogP) is 7.75. The van der Waals surface area contributed by atoms with Crippen molar-refractivity contribution in [3.63, 3.8) is 0 Å². The van der Waals surface area contributed by atoms with E-state index in [1.54, 1.807) is 37.5 Å². The number of hydrogen-bond donors (Lipinski definition) is 2. The molecule has 0 aliphatic carbocycles. The van der Waals surface area contributed by atoms with Crippen molar-refractivity contribution >= 4 is 57.5 Å². The summed E-state index contributed by atoms with van der Waals surface area (Å²) in [5.41, 5.74) is 4.10. The first kappa shape index (κ1) is 34.3. The predicted molar refractivity (Wildman–Crippen MR) is 196 cm³/mol. The van der Waals surface area contributed by atoms with Crippen LogP contribution in [-0.4, -0.2) is 84.3 Å². The second-order valence-corrected chi connectivity index (χ2v) is 13.6. The highest BCUT2D eigenvalue weighted by Gasteiger charge is 2.43. The van der Waals surface area contributed by atoms with Crippen molar-refractivity contribution < 1.29 is 9.18 Å². The van der Waals surface area contributed by atoms with Crippen LogP contribution in [0, 0.1) is 5.41 Å². The van der Waals surface area contributed by atoms with E-state index in [4.69, 9.17) is 0 Å². The number of nitrogens with zero attached hydrogens (tertiary/aromatic N) is 5. The number of fused-ring (bicyclic) bond motifs is 1. The van der Waals surface area contributed by atoms with Gasteiger partial charge >= 0.3 is 0 Å². The minimum absolute atomic E-state index is 0.0620. The number of aliphatic imine (C=N–C) groups is 2. The van der Waals surface area contributed by atoms with Crippen molar-refractivity contribution in [2.45, 2.75) is 53.0 Å². The van der Waals surface area contributed by atoms with E-state index in [0.717, 1.165) is 84.7 Å². The molecule has 1 fully saturated rings. The number of benzene rings is 1. The first-order chi connectivity index (χ1) is 22.7. The number of anilines is 1. The van der Waals surface area contributed by atoms with Crippen molar-refractivity contribution in [1.82, 2.24) is 20.0 Å². The van der Waals surface area contributed by atoms with E-state index in [9.17, 15) is 9.18 Å². The van der Waals surface area contributed by atoms with Gasteiger partial charge in [0.15, 0.2) is 5.84 Å². The number of thiophene rings is 1. The summed E-state index contributed by atoms with van der Waals surface area (Å²) in [5, 5.41) is 11.6. The lowest BCUT2D eigenvalue weighted by Gasteiger charge is -2.34. The number of nitrogens with one attached hydrogen (secondary N) is 2. The summed E-state index contributed by atoms with van der Waals surface area (Å²) in [4.78, 5) is 29.4. The van der Waals surface area contributed by atoms with Crippen LogP contribution in [0.25, 0.3) is 22.0 Å². The third kappa shape index (κ3) is 7.77. The zero-order chi connectivity index (χ0) is 33.6. The largest absolute Gasteiger partial charge is 0.326 e. The summed E-state index contributed by atoms with van der Waals surface area (Å²) < 4.78 is 13.9. The molecule has 3 aromatic rings. The maximum atomic E-state index is 13.9. The fourth-order valence-electron chi connectivity index (χ4n) is 6.59. The van der Waals surface area contributed by atoms with E-state index in [2.05, 4.69) is 74.1 Å². The van der Waals surface area contributed by atoms with E-state index in [1.165, 1.54) is 22.6 Å². The Kier molecular flexibility index (Phi) is 11.2. The molecule has 2 aliphatic rings. The molecule has 2 aliphatic heterocycles. The normalized spacial score (nSPS) is 21.1. The van der Waals surface area contributed by atoms with Crippen molar-refractivity contribution in [2.24, 2.45) is 15.4 Å². The average Bonchev–Trinajstić information content (AvgIpc) is 3.84. The molecule has 10 heteroatoms. The number of carbonyl (C=O) groups excluding carboxylic acids is 1. The van der Waals surface area contributed by atoms with Gasteiger partial charge in [-0.1, -0.05) is 25.2 Å². The average molecular weight is 656 g/mol. The molecule has 248 valence electrons. The highest BCUT2D eigenvalue weighted by molar-refractivity contribution is 7.15. The third-order valence-electron chi connectivity index (χ3n) is 9.49. The number of amides is 1. The zero-order valence-electron chi connectivity index (χ0n) is 28.1. The SMILES string of the molecule is C=NC(=NC)c1ccc(C2=CCN(C(C)CN3CCC(CC)(C(=O)Nc4ccc5[nH]nc(/C(C)=C/C=C(F)\C=C/C)c5c4)C3)CC2)s1. The van der Waals surface area contributed by atoms with Gasteiger partial charge in [-0.15, -0.1) is 11.3 Å². The Balaban J connectivity index is 1.20. The Morgan fingerprint density at radius 3 is 2.81 bits per heavy atom. The number of allylic oxidation sites excluding steroid dienone is 6. The van der Waals surface area contributed by atoms with Crippen molar-refractivity contribution in [3.8, 4) is 0 Å². The molecule has 0 spiro atoms. The Morgan fingerprint density at radius 2 is 2.11 bits per heavy atom. The number of H-pyrrole nitrogens is 1. The molecule has 5 rings (SSSR count). The topological polar surface area (TPSA) is 89.0 Å². The van der Waals surface area contributed by atoms with Gasteiger partial charge < -0.3 is 10.2 Å². The molecule has 2 N–H and O–H groups in total. The van der Waals surface area contributed by atoms with Gasteiger partial charge in [0.05, 0.1) is 21.5 Å². The number of aromatic nitrogens is 2. The van der Waals surface area contributed by atoms with Gasteiger partial charge in [0, 0.05) is 55.2 Å². The summed E-state index contributed by atoms with van der Waals surface area (Å²) >= 11 is 1.72. The van der Waals surface area contributed by atoms with E-state index in [0.29, 0.717) is 11.9 Å². The van der Waals surface area contributed by atoms with Crippen LogP contribution in [0.1, 0.15) is 62.4 Å². The van der Waals surface area contributed by atoms with Crippen molar-refractivity contribution in [3.05, 3.63) is 82.0 Å². The van der Waals surface area contributed by atoms with Gasteiger partial charge in [0.25, 0.3) is 0 Å². The smallest absolute Gasteiger partial charge is 0.231 e. The molecule has 8 nitrogen and oxygen atoms in total. The van der Waals surface area contributed by atoms with Gasteiger partial charge in [-0.2, -0.15) is 5.10 Å². The molecule has 2 aromatic heterocycles. The van der Waals surface area contributed by atoms with Crippen molar-refractivity contribution in [1.29, 1.82) is 0 Å². The van der Waals surface area contributed by atoms with Crippen LogP contribution in [0.3, 0.4) is 0 Å². The molecule has 0 radical (unpaired) electrons. The lowest BCUT2D eigenvalue weighted by Crippen LogP contribution is -2.45. The highest BCUT2D eigenvalue weighted by atomic mass is 32.1. The fraction of sp³-hybridized carbons (Fsp3) is 0.405. The molecular formula is C37H46FN7OS. The Morgan fingerprint density at radius 1 is 1.28 bits per heavy atom. The molecule has 0 saturated carbocycles. The number of aromatic amines is 1. The van der Waals surface area contributed by atoms with Crippen molar-refractivity contribution in [2.75, 3.05) is 45.1 Å². The summed E-state index contributed by atoms with van der Waals surface area (Å²) in [6.45, 7) is 16.2. The molecule has 2 unspecified atom stereocenters. The first-order valence-electron chi connectivity index (χ1n) is 16.4. The Bertz CT molecular complexity index is 1760. The molecule has 1 saturated heterocycles. The number of halogens is 1. The van der Waals surface area contributed by atoms with E-state index in [1.807, 2.05) is 25.1 Å². The highest BCUT2D eigenvalue weighted by Crippen LogP contribution is 2.37. The maximum Gasteiger partial charge on any atom is 0.231 e. The molecule has 1 amide bonds. The van der Waals surface area contributed by atoms with E-state index < -0.39 is 5.41 Å². The lowest BCUT2D eigenvalue weighted by molar-refractivity contribution is -0.125. The maximum absolute atomic E-state index is 13.9. The number of rotatable bonds is 11. The molecule has 1 aromatic carbocycles. The Labute approximate surface area is 281 Å². The monoisotopic (exact) mass is 655 g/mol. The van der Waals surface area contributed by atoms with Gasteiger partial charge in [0.1, 0.15) is 5.83 Å². The summed E-state index contributed by atoms with van der Waals surface area (Å²) in [6, 6.07) is 10.4. The van der Waals surface area contributed by atoms with Gasteiger partial charge in [-0.3, -0.25) is 19.8 Å². The second-order valence-electron chi connectivity index (χ2n) is 12.5. The van der Waals surface area contributed by atoms with Crippen LogP contribution in [0.5, 0.6) is 0 Å². The first-order valence-corrected chi connectivity index (χ1v) is 17.2. The third-order valence-corrected chi connectivity index (χ3v) is 10.7. The molecule has 47 heavy (non-hydrogen) atoms. The molecule has 2 atom stereocenters. The molecular weight excluding hydrogens is 610 g/mol. The number of likely N-dealkylation sites (tertiary alicyclic amines) is 1. The van der Waals surface area contributed by atoms with Gasteiger partial charge in [0.2, 0.25) is 5.91 Å². The lowest BCUT2D eigenvalue weighted by atomic mass is 9.83. The zero-order valence-corrected chi connectivity index (χ0v) is 29.0.